The molecule has 1 aromatic carbocycles. The second-order valence-corrected chi connectivity index (χ2v) is 3.72. The van der Waals surface area contributed by atoms with E-state index < -0.39 is 0 Å². The first kappa shape index (κ1) is 8.56. The molecule has 0 amide bonds. The van der Waals surface area contributed by atoms with Crippen molar-refractivity contribution in [2.45, 2.75) is 11.8 Å². The molecule has 58 valence electrons. The highest BCUT2D eigenvalue weighted by molar-refractivity contribution is 7.82. The van der Waals surface area contributed by atoms with Gasteiger partial charge in [0.1, 0.15) is 4.34 Å². The van der Waals surface area contributed by atoms with Crippen molar-refractivity contribution in [3.8, 4) is 0 Å². The molecule has 1 heterocycles. The minimum Gasteiger partial charge on any atom is -0.230 e. The van der Waals surface area contributed by atoms with Crippen molar-refractivity contribution in [2.24, 2.45) is 0 Å². The van der Waals surface area contributed by atoms with Gasteiger partial charge in [-0.1, -0.05) is 19.6 Å². The minimum atomic E-state index is 0. The van der Waals surface area contributed by atoms with Crippen LogP contribution < -0.4 is 0 Å². The van der Waals surface area contributed by atoms with Crippen LogP contribution in [-0.2, 0) is 0 Å². The number of thiol groups is 1. The number of nitrogens with zero attached hydrogens (tertiary/aromatic N) is 1. The summed E-state index contributed by atoms with van der Waals surface area (Å²) in [6, 6.07) is 8.03. The largest absolute Gasteiger partial charge is 0.230 e. The maximum absolute atomic E-state index is 4.20. The molecule has 11 heavy (non-hydrogen) atoms. The SMILES string of the molecule is C.Sc1nc2ccccc2s1. The van der Waals surface area contributed by atoms with Gasteiger partial charge in [0, 0.05) is 0 Å². The summed E-state index contributed by atoms with van der Waals surface area (Å²) in [4.78, 5) is 4.20. The molecule has 0 aliphatic heterocycles. The monoisotopic (exact) mass is 183 g/mol. The summed E-state index contributed by atoms with van der Waals surface area (Å²) >= 11 is 5.76. The smallest absolute Gasteiger partial charge is 0.148 e. The summed E-state index contributed by atoms with van der Waals surface area (Å²) in [5.41, 5.74) is 1.04. The average Bonchev–Trinajstić information content (AvgIpc) is 2.27. The summed E-state index contributed by atoms with van der Waals surface area (Å²) in [6.45, 7) is 0. The third-order valence-electron chi connectivity index (χ3n) is 1.28. The summed E-state index contributed by atoms with van der Waals surface area (Å²) in [7, 11) is 0. The van der Waals surface area contributed by atoms with Gasteiger partial charge in [-0.05, 0) is 12.1 Å². The standard InChI is InChI=1S/C7H5NS2.CH4/c9-7-8-5-3-1-2-4-6(5)10-7;/h1-4H,(H,8,9);1H4. The first-order valence-corrected chi connectivity index (χ1v) is 4.17. The Morgan fingerprint density at radius 3 is 2.73 bits per heavy atom. The number of rotatable bonds is 0. The Labute approximate surface area is 75.5 Å². The van der Waals surface area contributed by atoms with Gasteiger partial charge in [-0.2, -0.15) is 0 Å². The van der Waals surface area contributed by atoms with Crippen LogP contribution in [-0.4, -0.2) is 4.98 Å². The van der Waals surface area contributed by atoms with Crippen molar-refractivity contribution in [1.82, 2.24) is 4.98 Å². The fraction of sp³-hybridized carbons (Fsp3) is 0.125. The molecule has 0 fully saturated rings. The first-order valence-electron chi connectivity index (χ1n) is 2.91. The number of hydrogen-bond acceptors (Lipinski definition) is 3. The molecule has 1 aromatic heterocycles. The maximum Gasteiger partial charge on any atom is 0.148 e. The van der Waals surface area contributed by atoms with E-state index in [9.17, 15) is 0 Å². The van der Waals surface area contributed by atoms with Crippen LogP contribution in [0.4, 0.5) is 0 Å². The molecule has 0 bridgehead atoms. The Kier molecular flexibility index (Phi) is 2.52. The molecule has 0 aliphatic carbocycles. The van der Waals surface area contributed by atoms with E-state index in [1.807, 2.05) is 24.3 Å². The highest BCUT2D eigenvalue weighted by Crippen LogP contribution is 2.23. The van der Waals surface area contributed by atoms with Crippen molar-refractivity contribution in [3.05, 3.63) is 24.3 Å². The number of para-hydroxylation sites is 1. The van der Waals surface area contributed by atoms with Crippen molar-refractivity contribution >= 4 is 34.2 Å². The van der Waals surface area contributed by atoms with Gasteiger partial charge in [0.05, 0.1) is 10.2 Å². The van der Waals surface area contributed by atoms with E-state index in [4.69, 9.17) is 0 Å². The summed E-state index contributed by atoms with van der Waals surface area (Å²) in [5, 5.41) is 0. The van der Waals surface area contributed by atoms with Gasteiger partial charge < -0.3 is 0 Å². The number of fused-ring (bicyclic) bond motifs is 1. The molecule has 2 aromatic rings. The Bertz CT molecular complexity index is 321. The summed E-state index contributed by atoms with van der Waals surface area (Å²) in [6.07, 6.45) is 0. The Balaban J connectivity index is 0.000000605. The highest BCUT2D eigenvalue weighted by atomic mass is 32.2. The fourth-order valence-electron chi connectivity index (χ4n) is 0.860. The predicted molar refractivity (Wildman–Crippen MR) is 53.6 cm³/mol. The third kappa shape index (κ3) is 1.54. The topological polar surface area (TPSA) is 12.9 Å². The molecular formula is C8H9NS2. The molecule has 0 atom stereocenters. The lowest BCUT2D eigenvalue weighted by atomic mass is 10.3. The Morgan fingerprint density at radius 1 is 1.27 bits per heavy atom. The van der Waals surface area contributed by atoms with Crippen LogP contribution in [0.25, 0.3) is 10.2 Å². The van der Waals surface area contributed by atoms with Gasteiger partial charge in [-0.15, -0.1) is 24.0 Å². The van der Waals surface area contributed by atoms with Crippen LogP contribution in [0.3, 0.4) is 0 Å². The Morgan fingerprint density at radius 2 is 2.00 bits per heavy atom. The molecule has 0 unspecified atom stereocenters. The summed E-state index contributed by atoms with van der Waals surface area (Å²) < 4.78 is 2.04. The van der Waals surface area contributed by atoms with Crippen molar-refractivity contribution in [3.63, 3.8) is 0 Å². The van der Waals surface area contributed by atoms with Crippen molar-refractivity contribution in [2.75, 3.05) is 0 Å². The lowest BCUT2D eigenvalue weighted by Gasteiger charge is -1.80. The fourth-order valence-corrected chi connectivity index (χ4v) is 1.97. The number of aromatic nitrogens is 1. The predicted octanol–water partition coefficient (Wildman–Crippen LogP) is 3.22. The van der Waals surface area contributed by atoms with E-state index in [-0.39, 0.29) is 7.43 Å². The quantitative estimate of drug-likeness (QED) is 0.619. The lowest BCUT2D eigenvalue weighted by Crippen LogP contribution is -1.63. The third-order valence-corrected chi connectivity index (χ3v) is 2.50. The lowest BCUT2D eigenvalue weighted by molar-refractivity contribution is 1.31. The summed E-state index contributed by atoms with van der Waals surface area (Å²) in [5.74, 6) is 0. The molecular weight excluding hydrogens is 174 g/mol. The second-order valence-electron chi connectivity index (χ2n) is 1.96. The van der Waals surface area contributed by atoms with E-state index in [0.29, 0.717) is 0 Å². The molecule has 3 heteroatoms. The van der Waals surface area contributed by atoms with E-state index in [0.717, 1.165) is 9.86 Å². The first-order chi connectivity index (χ1) is 4.86. The molecule has 0 N–H and O–H groups in total. The van der Waals surface area contributed by atoms with Crippen LogP contribution >= 0.6 is 24.0 Å². The van der Waals surface area contributed by atoms with Gasteiger partial charge in [-0.25, -0.2) is 4.98 Å². The normalized spacial score (nSPS) is 9.55. The zero-order chi connectivity index (χ0) is 6.97. The van der Waals surface area contributed by atoms with Crippen LogP contribution in [0.1, 0.15) is 7.43 Å². The minimum absolute atomic E-state index is 0. The van der Waals surface area contributed by atoms with Crippen LogP contribution in [0.2, 0.25) is 0 Å². The molecule has 0 saturated heterocycles. The van der Waals surface area contributed by atoms with Gasteiger partial charge in [0.25, 0.3) is 0 Å². The van der Waals surface area contributed by atoms with Crippen LogP contribution in [0.5, 0.6) is 0 Å². The molecule has 0 radical (unpaired) electrons. The maximum atomic E-state index is 4.20. The van der Waals surface area contributed by atoms with Gasteiger partial charge in [-0.3, -0.25) is 0 Å². The van der Waals surface area contributed by atoms with Gasteiger partial charge in [0.15, 0.2) is 0 Å². The Hall–Kier alpha value is -0.540. The van der Waals surface area contributed by atoms with E-state index in [1.54, 1.807) is 11.3 Å². The molecule has 1 nitrogen and oxygen atoms in total. The van der Waals surface area contributed by atoms with E-state index in [1.165, 1.54) is 4.70 Å². The van der Waals surface area contributed by atoms with E-state index in [2.05, 4.69) is 17.6 Å². The highest BCUT2D eigenvalue weighted by Gasteiger charge is 1.96. The van der Waals surface area contributed by atoms with Crippen LogP contribution in [0, 0.1) is 0 Å². The van der Waals surface area contributed by atoms with Gasteiger partial charge in [0.2, 0.25) is 0 Å². The molecule has 0 spiro atoms. The molecule has 0 saturated carbocycles. The number of thiazole rings is 1. The van der Waals surface area contributed by atoms with Gasteiger partial charge >= 0.3 is 0 Å². The van der Waals surface area contributed by atoms with Crippen LogP contribution in [0.15, 0.2) is 28.6 Å². The van der Waals surface area contributed by atoms with E-state index >= 15 is 0 Å². The van der Waals surface area contributed by atoms with Crippen molar-refractivity contribution < 1.29 is 0 Å². The average molecular weight is 183 g/mol. The molecule has 2 rings (SSSR count). The zero-order valence-corrected chi connectivity index (χ0v) is 6.82. The second kappa shape index (κ2) is 3.24. The zero-order valence-electron chi connectivity index (χ0n) is 5.11. The van der Waals surface area contributed by atoms with Crippen molar-refractivity contribution in [1.29, 1.82) is 0 Å². The number of hydrogen-bond donors (Lipinski definition) is 1. The molecule has 0 aliphatic rings. The number of benzene rings is 1.